The summed E-state index contributed by atoms with van der Waals surface area (Å²) in [6.07, 6.45) is 4.58. The molecular formula is C14H26N2O4. The zero-order valence-corrected chi connectivity index (χ0v) is 12.4. The maximum absolute atomic E-state index is 12.1. The average molecular weight is 286 g/mol. The van der Waals surface area contributed by atoms with Gasteiger partial charge < -0.3 is 20.1 Å². The first-order valence-electron chi connectivity index (χ1n) is 7.34. The highest BCUT2D eigenvalue weighted by Gasteiger charge is 2.36. The molecule has 0 radical (unpaired) electrons. The fourth-order valence-corrected chi connectivity index (χ4v) is 2.64. The molecular weight excluding hydrogens is 260 g/mol. The van der Waals surface area contributed by atoms with Crippen LogP contribution in [0.15, 0.2) is 0 Å². The summed E-state index contributed by atoms with van der Waals surface area (Å²) in [6, 6.07) is -0.951. The quantitative estimate of drug-likeness (QED) is 0.698. The number of rotatable bonds is 7. The number of unbranched alkanes of at least 4 members (excludes halogenated alkanes) is 2. The summed E-state index contributed by atoms with van der Waals surface area (Å²) >= 11 is 0. The number of carboxylic acid groups (broad SMARTS) is 1. The predicted molar refractivity (Wildman–Crippen MR) is 75.7 cm³/mol. The van der Waals surface area contributed by atoms with Crippen LogP contribution in [0.4, 0.5) is 4.79 Å². The van der Waals surface area contributed by atoms with Gasteiger partial charge in [0.15, 0.2) is 0 Å². The first kappa shape index (κ1) is 16.8. The molecule has 2 atom stereocenters. The van der Waals surface area contributed by atoms with Crippen LogP contribution in [0, 0.1) is 5.92 Å². The van der Waals surface area contributed by atoms with E-state index in [1.807, 2.05) is 6.92 Å². The van der Waals surface area contributed by atoms with Gasteiger partial charge in [0.25, 0.3) is 0 Å². The molecule has 6 nitrogen and oxygen atoms in total. The molecule has 116 valence electrons. The molecule has 1 aliphatic rings. The Labute approximate surface area is 120 Å². The molecule has 1 aliphatic heterocycles. The Morgan fingerprint density at radius 3 is 2.75 bits per heavy atom. The molecule has 6 heteroatoms. The van der Waals surface area contributed by atoms with Crippen LogP contribution >= 0.6 is 0 Å². The molecule has 0 aromatic heterocycles. The van der Waals surface area contributed by atoms with E-state index >= 15 is 0 Å². The Bertz CT molecular complexity index is 322. The molecule has 0 saturated carbocycles. The number of hydrogen-bond acceptors (Lipinski definition) is 3. The molecule has 2 amide bonds. The Morgan fingerprint density at radius 2 is 2.10 bits per heavy atom. The van der Waals surface area contributed by atoms with Gasteiger partial charge in [-0.15, -0.1) is 0 Å². The number of methoxy groups -OCH3 is 1. The Hall–Kier alpha value is -1.30. The van der Waals surface area contributed by atoms with Crippen LogP contribution in [-0.2, 0) is 9.53 Å². The van der Waals surface area contributed by atoms with Gasteiger partial charge in [-0.3, -0.25) is 0 Å². The van der Waals surface area contributed by atoms with E-state index in [-0.39, 0.29) is 11.9 Å². The van der Waals surface area contributed by atoms with E-state index < -0.39 is 12.0 Å². The smallest absolute Gasteiger partial charge is 0.326 e. The Balaban J connectivity index is 2.35. The maximum Gasteiger partial charge on any atom is 0.326 e. The van der Waals surface area contributed by atoms with Gasteiger partial charge in [-0.2, -0.15) is 0 Å². The molecule has 0 bridgehead atoms. The number of ether oxygens (including phenoxy) is 1. The molecule has 1 fully saturated rings. The van der Waals surface area contributed by atoms with E-state index in [1.54, 1.807) is 7.11 Å². The number of carbonyl (C=O) groups excluding carboxylic acids is 1. The van der Waals surface area contributed by atoms with Crippen molar-refractivity contribution in [3.05, 3.63) is 0 Å². The Kier molecular flexibility index (Phi) is 7.36. The van der Waals surface area contributed by atoms with Crippen molar-refractivity contribution in [3.63, 3.8) is 0 Å². The van der Waals surface area contributed by atoms with E-state index in [2.05, 4.69) is 5.32 Å². The molecule has 2 N–H and O–H groups in total. The van der Waals surface area contributed by atoms with Crippen molar-refractivity contribution in [1.29, 1.82) is 0 Å². The van der Waals surface area contributed by atoms with Crippen molar-refractivity contribution in [2.24, 2.45) is 5.92 Å². The highest BCUT2D eigenvalue weighted by molar-refractivity contribution is 5.83. The largest absolute Gasteiger partial charge is 0.480 e. The summed E-state index contributed by atoms with van der Waals surface area (Å²) < 4.78 is 4.96. The van der Waals surface area contributed by atoms with Gasteiger partial charge >= 0.3 is 12.0 Å². The molecule has 0 aromatic rings. The fraction of sp³-hybridized carbons (Fsp3) is 0.857. The van der Waals surface area contributed by atoms with Crippen molar-refractivity contribution in [2.75, 3.05) is 26.8 Å². The number of piperidine rings is 1. The van der Waals surface area contributed by atoms with Gasteiger partial charge in [0.05, 0.1) is 0 Å². The zero-order chi connectivity index (χ0) is 15.0. The number of aliphatic carboxylic acids is 1. The van der Waals surface area contributed by atoms with Crippen molar-refractivity contribution >= 4 is 12.0 Å². The van der Waals surface area contributed by atoms with Crippen LogP contribution in [0.3, 0.4) is 0 Å². The van der Waals surface area contributed by atoms with E-state index in [4.69, 9.17) is 4.74 Å². The predicted octanol–water partition coefficient (Wildman–Crippen LogP) is 1.70. The Morgan fingerprint density at radius 1 is 1.35 bits per heavy atom. The van der Waals surface area contributed by atoms with Crippen LogP contribution in [0.1, 0.15) is 39.0 Å². The number of hydrogen-bond donors (Lipinski definition) is 2. The third kappa shape index (κ3) is 5.00. The van der Waals surface area contributed by atoms with E-state index in [0.29, 0.717) is 13.1 Å². The van der Waals surface area contributed by atoms with E-state index in [1.165, 1.54) is 4.90 Å². The second kappa shape index (κ2) is 8.79. The summed E-state index contributed by atoms with van der Waals surface area (Å²) in [6.45, 7) is 3.73. The van der Waals surface area contributed by atoms with Crippen molar-refractivity contribution in [3.8, 4) is 0 Å². The monoisotopic (exact) mass is 286 g/mol. The minimum Gasteiger partial charge on any atom is -0.480 e. The number of carboxylic acids is 1. The number of likely N-dealkylation sites (tertiary alicyclic amines) is 1. The molecule has 1 heterocycles. The lowest BCUT2D eigenvalue weighted by molar-refractivity contribution is -0.145. The van der Waals surface area contributed by atoms with Crippen LogP contribution < -0.4 is 5.32 Å². The number of carbonyl (C=O) groups is 2. The molecule has 2 unspecified atom stereocenters. The van der Waals surface area contributed by atoms with Crippen LogP contribution in [0.25, 0.3) is 0 Å². The van der Waals surface area contributed by atoms with Crippen molar-refractivity contribution < 1.29 is 19.4 Å². The number of amides is 2. The minimum absolute atomic E-state index is 0.00806. The summed E-state index contributed by atoms with van der Waals surface area (Å²) in [5.41, 5.74) is 0. The number of urea groups is 1. The lowest BCUT2D eigenvalue weighted by Gasteiger charge is -2.37. The third-order valence-electron chi connectivity index (χ3n) is 3.75. The first-order chi connectivity index (χ1) is 9.57. The molecule has 0 spiro atoms. The minimum atomic E-state index is -0.910. The molecule has 0 aliphatic carbocycles. The average Bonchev–Trinajstić information content (AvgIpc) is 2.41. The van der Waals surface area contributed by atoms with Crippen LogP contribution in [-0.4, -0.2) is 54.9 Å². The lowest BCUT2D eigenvalue weighted by Crippen LogP contribution is -2.55. The van der Waals surface area contributed by atoms with Gasteiger partial charge in [-0.25, -0.2) is 9.59 Å². The fourth-order valence-electron chi connectivity index (χ4n) is 2.64. The van der Waals surface area contributed by atoms with E-state index in [9.17, 15) is 14.7 Å². The molecule has 20 heavy (non-hydrogen) atoms. The summed E-state index contributed by atoms with van der Waals surface area (Å²) in [7, 11) is 1.67. The first-order valence-corrected chi connectivity index (χ1v) is 7.34. The molecule has 0 aromatic carbocycles. The summed E-state index contributed by atoms with van der Waals surface area (Å²) in [5, 5.41) is 12.1. The third-order valence-corrected chi connectivity index (χ3v) is 3.75. The summed E-state index contributed by atoms with van der Waals surface area (Å²) in [5.74, 6) is -0.902. The number of nitrogens with one attached hydrogen (secondary N) is 1. The van der Waals surface area contributed by atoms with Gasteiger partial charge in [-0.05, 0) is 38.0 Å². The number of nitrogens with zero attached hydrogens (tertiary/aromatic N) is 1. The van der Waals surface area contributed by atoms with Gasteiger partial charge in [-0.1, -0.05) is 6.92 Å². The van der Waals surface area contributed by atoms with Crippen molar-refractivity contribution in [1.82, 2.24) is 10.2 Å². The highest BCUT2D eigenvalue weighted by atomic mass is 16.5. The normalized spacial score (nSPS) is 22.6. The van der Waals surface area contributed by atoms with Crippen molar-refractivity contribution in [2.45, 2.75) is 45.1 Å². The summed E-state index contributed by atoms with van der Waals surface area (Å²) in [4.78, 5) is 24.8. The van der Waals surface area contributed by atoms with Crippen LogP contribution in [0.2, 0.25) is 0 Å². The topological polar surface area (TPSA) is 78.9 Å². The van der Waals surface area contributed by atoms with Crippen LogP contribution in [0.5, 0.6) is 0 Å². The molecule has 1 rings (SSSR count). The molecule has 1 saturated heterocycles. The van der Waals surface area contributed by atoms with E-state index in [0.717, 1.165) is 38.7 Å². The van der Waals surface area contributed by atoms with Gasteiger partial charge in [0.1, 0.15) is 6.04 Å². The lowest BCUT2D eigenvalue weighted by atomic mass is 9.91. The van der Waals surface area contributed by atoms with Gasteiger partial charge in [0.2, 0.25) is 0 Å². The second-order valence-corrected chi connectivity index (χ2v) is 5.38. The SMILES string of the molecule is COCCCCCNC(=O)N1CCCC(C)C1C(=O)O. The second-order valence-electron chi connectivity index (χ2n) is 5.38. The van der Waals surface area contributed by atoms with Gasteiger partial charge in [0, 0.05) is 26.8 Å². The standard InChI is InChI=1S/C14H26N2O4/c1-11-7-6-9-16(12(11)13(17)18)14(19)15-8-4-3-5-10-20-2/h11-12H,3-10H2,1-2H3,(H,15,19)(H,17,18). The highest BCUT2D eigenvalue weighted by Crippen LogP contribution is 2.23. The maximum atomic E-state index is 12.1. The zero-order valence-electron chi connectivity index (χ0n) is 12.4.